The minimum absolute atomic E-state index is 0.0685. The molecule has 138 valence electrons. The molecule has 0 spiro atoms. The molecule has 0 unspecified atom stereocenters. The molecule has 3 rings (SSSR count). The topological polar surface area (TPSA) is 57.7 Å². The summed E-state index contributed by atoms with van der Waals surface area (Å²) in [4.78, 5) is 14.6. The minimum atomic E-state index is -3.54. The Labute approximate surface area is 162 Å². The highest BCUT2D eigenvalue weighted by Gasteiger charge is 2.31. The summed E-state index contributed by atoms with van der Waals surface area (Å²) in [6.07, 6.45) is 0. The van der Waals surface area contributed by atoms with E-state index in [2.05, 4.69) is 15.9 Å². The van der Waals surface area contributed by atoms with Crippen molar-refractivity contribution in [1.29, 1.82) is 0 Å². The highest BCUT2D eigenvalue weighted by Crippen LogP contribution is 2.22. The number of carbonyl (C=O) groups is 1. The number of carbonyl (C=O) groups excluding carboxylic acids is 1. The normalized spacial score (nSPS) is 15.9. The van der Waals surface area contributed by atoms with E-state index in [9.17, 15) is 13.2 Å². The third-order valence-corrected chi connectivity index (χ3v) is 7.15. The van der Waals surface area contributed by atoms with E-state index in [1.165, 1.54) is 4.31 Å². The molecule has 1 amide bonds. The molecule has 26 heavy (non-hydrogen) atoms. The molecule has 0 N–H and O–H groups in total. The number of piperazine rings is 1. The van der Waals surface area contributed by atoms with Gasteiger partial charge in [0.1, 0.15) is 0 Å². The van der Waals surface area contributed by atoms with E-state index in [1.54, 1.807) is 23.1 Å². The first-order chi connectivity index (χ1) is 12.3. The van der Waals surface area contributed by atoms with Gasteiger partial charge in [0.2, 0.25) is 10.0 Å². The largest absolute Gasteiger partial charge is 0.336 e. The molecule has 1 heterocycles. The van der Waals surface area contributed by atoms with Gasteiger partial charge in [0, 0.05) is 36.2 Å². The number of nitrogens with zero attached hydrogens (tertiary/aromatic N) is 2. The third-order valence-electron chi connectivity index (χ3n) is 4.57. The number of sulfonamides is 1. The molecule has 0 aliphatic carbocycles. The molecular weight excluding hydrogens is 416 g/mol. The molecule has 2 aromatic rings. The fraction of sp³-hybridized carbons (Fsp3) is 0.316. The first-order valence-electron chi connectivity index (χ1n) is 8.41. The molecule has 7 heteroatoms. The number of rotatable bonds is 3. The fourth-order valence-corrected chi connectivity index (χ4v) is 5.03. The van der Waals surface area contributed by atoms with Crippen molar-refractivity contribution in [3.8, 4) is 0 Å². The summed E-state index contributed by atoms with van der Waals surface area (Å²) in [6.45, 7) is 5.14. The summed E-state index contributed by atoms with van der Waals surface area (Å²) in [5, 5.41) is 0. The lowest BCUT2D eigenvalue weighted by Gasteiger charge is -2.34. The lowest BCUT2D eigenvalue weighted by atomic mass is 10.2. The molecule has 1 aliphatic rings. The van der Waals surface area contributed by atoms with Crippen LogP contribution in [0.3, 0.4) is 0 Å². The van der Waals surface area contributed by atoms with Crippen molar-refractivity contribution < 1.29 is 13.2 Å². The summed E-state index contributed by atoms with van der Waals surface area (Å²) in [6, 6.07) is 12.5. The number of halogens is 1. The Morgan fingerprint density at radius 1 is 0.962 bits per heavy atom. The second-order valence-electron chi connectivity index (χ2n) is 6.47. The van der Waals surface area contributed by atoms with Gasteiger partial charge in [-0.2, -0.15) is 4.31 Å². The first-order valence-corrected chi connectivity index (χ1v) is 10.6. The zero-order valence-corrected chi connectivity index (χ0v) is 17.2. The van der Waals surface area contributed by atoms with Crippen LogP contribution < -0.4 is 0 Å². The zero-order chi connectivity index (χ0) is 18.9. The fourth-order valence-electron chi connectivity index (χ4n) is 3.13. The Balaban J connectivity index is 1.71. The highest BCUT2D eigenvalue weighted by molar-refractivity contribution is 9.10. The van der Waals surface area contributed by atoms with Crippen molar-refractivity contribution >= 4 is 31.9 Å². The summed E-state index contributed by atoms with van der Waals surface area (Å²) < 4.78 is 28.2. The van der Waals surface area contributed by atoms with Crippen LogP contribution in [0.25, 0.3) is 0 Å². The summed E-state index contributed by atoms with van der Waals surface area (Å²) in [5.74, 6) is -0.0685. The van der Waals surface area contributed by atoms with Gasteiger partial charge in [-0.05, 0) is 49.7 Å². The lowest BCUT2D eigenvalue weighted by molar-refractivity contribution is 0.0698. The SMILES string of the molecule is Cc1ccc(S(=O)(=O)N2CCN(C(=O)c3ccc(Br)cc3)CC2)c(C)c1. The highest BCUT2D eigenvalue weighted by atomic mass is 79.9. The smallest absolute Gasteiger partial charge is 0.253 e. The van der Waals surface area contributed by atoms with Crippen LogP contribution in [-0.2, 0) is 10.0 Å². The van der Waals surface area contributed by atoms with E-state index >= 15 is 0 Å². The monoisotopic (exact) mass is 436 g/mol. The molecule has 2 aromatic carbocycles. The number of benzene rings is 2. The maximum atomic E-state index is 12.9. The van der Waals surface area contributed by atoms with Crippen molar-refractivity contribution in [1.82, 2.24) is 9.21 Å². The van der Waals surface area contributed by atoms with Gasteiger partial charge in [-0.25, -0.2) is 8.42 Å². The van der Waals surface area contributed by atoms with Crippen LogP contribution in [0.4, 0.5) is 0 Å². The van der Waals surface area contributed by atoms with Crippen LogP contribution in [0.1, 0.15) is 21.5 Å². The second-order valence-corrected chi connectivity index (χ2v) is 9.29. The van der Waals surface area contributed by atoms with Gasteiger partial charge in [0.25, 0.3) is 5.91 Å². The van der Waals surface area contributed by atoms with Crippen LogP contribution >= 0.6 is 15.9 Å². The van der Waals surface area contributed by atoms with Crippen LogP contribution in [0.2, 0.25) is 0 Å². The molecule has 1 saturated heterocycles. The Hall–Kier alpha value is -1.70. The van der Waals surface area contributed by atoms with Gasteiger partial charge in [0.05, 0.1) is 4.90 Å². The average Bonchev–Trinajstić information content (AvgIpc) is 2.61. The molecule has 0 bridgehead atoms. The number of amides is 1. The molecule has 0 atom stereocenters. The van der Waals surface area contributed by atoms with Crippen LogP contribution in [0, 0.1) is 13.8 Å². The van der Waals surface area contributed by atoms with Crippen LogP contribution in [-0.4, -0.2) is 49.7 Å². The molecule has 0 aromatic heterocycles. The predicted octanol–water partition coefficient (Wildman–Crippen LogP) is 3.21. The van der Waals surface area contributed by atoms with Crippen molar-refractivity contribution in [3.05, 3.63) is 63.6 Å². The molecule has 1 fully saturated rings. The van der Waals surface area contributed by atoms with Crippen LogP contribution in [0.5, 0.6) is 0 Å². The average molecular weight is 437 g/mol. The lowest BCUT2D eigenvalue weighted by Crippen LogP contribution is -2.50. The van der Waals surface area contributed by atoms with E-state index in [-0.39, 0.29) is 5.91 Å². The molecule has 5 nitrogen and oxygen atoms in total. The zero-order valence-electron chi connectivity index (χ0n) is 14.8. The van der Waals surface area contributed by atoms with Crippen molar-refractivity contribution in [2.45, 2.75) is 18.7 Å². The quantitative estimate of drug-likeness (QED) is 0.741. The maximum Gasteiger partial charge on any atom is 0.253 e. The third kappa shape index (κ3) is 3.84. The van der Waals surface area contributed by atoms with Crippen molar-refractivity contribution in [2.75, 3.05) is 26.2 Å². The van der Waals surface area contributed by atoms with Gasteiger partial charge in [-0.3, -0.25) is 4.79 Å². The van der Waals surface area contributed by atoms with E-state index < -0.39 is 10.0 Å². The van der Waals surface area contributed by atoms with Crippen LogP contribution in [0.15, 0.2) is 51.8 Å². The standard InChI is InChI=1S/C19H21BrN2O3S/c1-14-3-8-18(15(2)13-14)26(24,25)22-11-9-21(10-12-22)19(23)16-4-6-17(20)7-5-16/h3-8,13H,9-12H2,1-2H3. The van der Waals surface area contributed by atoms with E-state index in [4.69, 9.17) is 0 Å². The van der Waals surface area contributed by atoms with Gasteiger partial charge >= 0.3 is 0 Å². The maximum absolute atomic E-state index is 12.9. The molecule has 0 radical (unpaired) electrons. The van der Waals surface area contributed by atoms with Gasteiger partial charge < -0.3 is 4.90 Å². The molecule has 0 saturated carbocycles. The number of hydrogen-bond donors (Lipinski definition) is 0. The number of aryl methyl sites for hydroxylation is 2. The first kappa shape index (κ1) is 19.1. The summed E-state index contributed by atoms with van der Waals surface area (Å²) in [7, 11) is -3.54. The Morgan fingerprint density at radius 3 is 2.15 bits per heavy atom. The minimum Gasteiger partial charge on any atom is -0.336 e. The predicted molar refractivity (Wildman–Crippen MR) is 105 cm³/mol. The van der Waals surface area contributed by atoms with Crippen molar-refractivity contribution in [2.24, 2.45) is 0 Å². The van der Waals surface area contributed by atoms with Crippen molar-refractivity contribution in [3.63, 3.8) is 0 Å². The van der Waals surface area contributed by atoms with E-state index in [1.807, 2.05) is 38.1 Å². The second kappa shape index (κ2) is 7.50. The summed E-state index contributed by atoms with van der Waals surface area (Å²) >= 11 is 3.35. The Bertz CT molecular complexity index is 918. The molecule has 1 aliphatic heterocycles. The van der Waals surface area contributed by atoms with Gasteiger partial charge in [-0.1, -0.05) is 33.6 Å². The van der Waals surface area contributed by atoms with E-state index in [0.29, 0.717) is 36.6 Å². The summed E-state index contributed by atoms with van der Waals surface area (Å²) in [5.41, 5.74) is 2.39. The Kier molecular flexibility index (Phi) is 5.50. The van der Waals surface area contributed by atoms with Gasteiger partial charge in [-0.15, -0.1) is 0 Å². The van der Waals surface area contributed by atoms with Gasteiger partial charge in [0.15, 0.2) is 0 Å². The Morgan fingerprint density at radius 2 is 1.58 bits per heavy atom. The number of hydrogen-bond acceptors (Lipinski definition) is 3. The van der Waals surface area contributed by atoms with E-state index in [0.717, 1.165) is 15.6 Å². The molecular formula is C19H21BrN2O3S.